The van der Waals surface area contributed by atoms with Crippen LogP contribution in [0.2, 0.25) is 0 Å². The summed E-state index contributed by atoms with van der Waals surface area (Å²) in [5, 5.41) is 5.42. The van der Waals surface area contributed by atoms with E-state index in [0.29, 0.717) is 0 Å². The van der Waals surface area contributed by atoms with E-state index in [0.717, 1.165) is 28.1 Å². The Morgan fingerprint density at radius 2 is 1.58 bits per heavy atom. The topological polar surface area (TPSA) is 37.8 Å². The highest BCUT2D eigenvalue weighted by Crippen LogP contribution is 2.27. The van der Waals surface area contributed by atoms with Crippen LogP contribution >= 0.6 is 23.7 Å². The number of hydrogen-bond donors (Lipinski definition) is 1. The molecule has 24 heavy (non-hydrogen) atoms. The first-order chi connectivity index (χ1) is 11.4. The molecule has 0 spiro atoms. The van der Waals surface area contributed by atoms with Gasteiger partial charge in [-0.05, 0) is 41.1 Å². The number of rotatable bonds is 4. The minimum atomic E-state index is 0. The smallest absolute Gasteiger partial charge is 0.151 e. The number of halogens is 1. The molecule has 0 saturated heterocycles. The lowest BCUT2D eigenvalue weighted by Crippen LogP contribution is -1.95. The molecule has 1 N–H and O–H groups in total. The molecule has 4 aromatic rings. The zero-order valence-corrected chi connectivity index (χ0v) is 14.5. The number of aromatic nitrogens is 2. The van der Waals surface area contributed by atoms with Crippen LogP contribution in [0.15, 0.2) is 72.4 Å². The minimum Gasteiger partial charge on any atom is -0.339 e. The predicted octanol–water partition coefficient (Wildman–Crippen LogP) is 5.45. The highest BCUT2D eigenvalue weighted by molar-refractivity contribution is 7.17. The average molecular weight is 354 g/mol. The number of fused-ring (bicyclic) bond motifs is 1. The largest absolute Gasteiger partial charge is 0.339 e. The zero-order valence-electron chi connectivity index (χ0n) is 12.8. The molecule has 0 atom stereocenters. The third-order valence-electron chi connectivity index (χ3n) is 3.71. The average Bonchev–Trinajstić information content (AvgIpc) is 3.07. The molecule has 0 radical (unpaired) electrons. The van der Waals surface area contributed by atoms with Crippen molar-refractivity contribution in [3.05, 3.63) is 83.5 Å². The Morgan fingerprint density at radius 1 is 0.833 bits per heavy atom. The van der Waals surface area contributed by atoms with Crippen LogP contribution in [0.3, 0.4) is 0 Å². The van der Waals surface area contributed by atoms with Crippen molar-refractivity contribution >= 4 is 45.5 Å². The van der Waals surface area contributed by atoms with E-state index in [1.807, 2.05) is 17.5 Å². The molecule has 2 aromatic heterocycles. The molecule has 0 aliphatic rings. The Labute approximate surface area is 150 Å². The molecule has 0 unspecified atom stereocenters. The van der Waals surface area contributed by atoms with E-state index >= 15 is 0 Å². The van der Waals surface area contributed by atoms with Crippen LogP contribution in [-0.4, -0.2) is 9.97 Å². The van der Waals surface area contributed by atoms with Gasteiger partial charge in [0.05, 0.1) is 10.2 Å². The van der Waals surface area contributed by atoms with Gasteiger partial charge < -0.3 is 5.32 Å². The summed E-state index contributed by atoms with van der Waals surface area (Å²) in [7, 11) is 0. The van der Waals surface area contributed by atoms with Crippen molar-refractivity contribution in [3.8, 4) is 0 Å². The lowest BCUT2D eigenvalue weighted by atomic mass is 10.0. The zero-order chi connectivity index (χ0) is 15.5. The van der Waals surface area contributed by atoms with Crippen molar-refractivity contribution in [2.24, 2.45) is 0 Å². The standard InChI is InChI=1S/C19H15N3S.ClH/c1-2-4-14(5-3-1)12-15-6-8-16(9-7-15)22-19-18-17(10-11-23-18)20-13-21-19;/h1-11,13H,12H2,(H,20,21,22);1H. The van der Waals surface area contributed by atoms with E-state index in [1.165, 1.54) is 11.1 Å². The number of nitrogens with zero attached hydrogens (tertiary/aromatic N) is 2. The lowest BCUT2D eigenvalue weighted by Gasteiger charge is -2.07. The van der Waals surface area contributed by atoms with Gasteiger partial charge in [0, 0.05) is 5.69 Å². The van der Waals surface area contributed by atoms with E-state index in [-0.39, 0.29) is 12.4 Å². The van der Waals surface area contributed by atoms with Crippen LogP contribution in [-0.2, 0) is 6.42 Å². The fourth-order valence-electron chi connectivity index (χ4n) is 2.55. The summed E-state index contributed by atoms with van der Waals surface area (Å²) < 4.78 is 1.08. The summed E-state index contributed by atoms with van der Waals surface area (Å²) >= 11 is 1.65. The van der Waals surface area contributed by atoms with Gasteiger partial charge in [-0.1, -0.05) is 42.5 Å². The summed E-state index contributed by atoms with van der Waals surface area (Å²) in [5.74, 6) is 0.862. The van der Waals surface area contributed by atoms with Gasteiger partial charge in [0.25, 0.3) is 0 Å². The van der Waals surface area contributed by atoms with Crippen LogP contribution in [0.5, 0.6) is 0 Å². The molecule has 0 aliphatic heterocycles. The van der Waals surface area contributed by atoms with Crippen LogP contribution < -0.4 is 5.32 Å². The third kappa shape index (κ3) is 3.55. The molecule has 4 rings (SSSR count). The summed E-state index contributed by atoms with van der Waals surface area (Å²) in [4.78, 5) is 8.62. The molecule has 5 heteroatoms. The third-order valence-corrected chi connectivity index (χ3v) is 4.62. The van der Waals surface area contributed by atoms with Crippen molar-refractivity contribution < 1.29 is 0 Å². The molecule has 0 bridgehead atoms. The van der Waals surface area contributed by atoms with E-state index in [2.05, 4.69) is 63.8 Å². The molecule has 0 amide bonds. The SMILES string of the molecule is Cl.c1ccc(Cc2ccc(Nc3ncnc4ccsc34)cc2)cc1. The number of anilines is 2. The first-order valence-electron chi connectivity index (χ1n) is 7.46. The Kier molecular flexibility index (Phi) is 5.08. The second-order valence-electron chi connectivity index (χ2n) is 5.34. The maximum absolute atomic E-state index is 4.35. The van der Waals surface area contributed by atoms with Crippen molar-refractivity contribution in [1.82, 2.24) is 9.97 Å². The van der Waals surface area contributed by atoms with E-state index in [1.54, 1.807) is 17.7 Å². The molecule has 3 nitrogen and oxygen atoms in total. The molecule has 0 aliphatic carbocycles. The van der Waals surface area contributed by atoms with Crippen LogP contribution in [0.4, 0.5) is 11.5 Å². The highest BCUT2D eigenvalue weighted by atomic mass is 35.5. The number of thiophene rings is 1. The Balaban J connectivity index is 0.00000169. The first-order valence-corrected chi connectivity index (χ1v) is 8.34. The Bertz CT molecular complexity index is 920. The van der Waals surface area contributed by atoms with Crippen LogP contribution in [0, 0.1) is 0 Å². The fraction of sp³-hybridized carbons (Fsp3) is 0.0526. The highest BCUT2D eigenvalue weighted by Gasteiger charge is 2.05. The maximum atomic E-state index is 4.35. The van der Waals surface area contributed by atoms with Crippen molar-refractivity contribution in [1.29, 1.82) is 0 Å². The number of hydrogen-bond acceptors (Lipinski definition) is 4. The fourth-order valence-corrected chi connectivity index (χ4v) is 3.34. The van der Waals surface area contributed by atoms with Gasteiger partial charge in [-0.25, -0.2) is 9.97 Å². The van der Waals surface area contributed by atoms with Crippen molar-refractivity contribution in [2.75, 3.05) is 5.32 Å². The van der Waals surface area contributed by atoms with Gasteiger partial charge in [0.1, 0.15) is 6.33 Å². The normalized spacial score (nSPS) is 10.3. The summed E-state index contributed by atoms with van der Waals surface area (Å²) in [6.07, 6.45) is 2.55. The first kappa shape index (κ1) is 16.4. The molecule has 2 aromatic carbocycles. The van der Waals surface area contributed by atoms with Crippen LogP contribution in [0.25, 0.3) is 10.2 Å². The monoisotopic (exact) mass is 353 g/mol. The number of benzene rings is 2. The second kappa shape index (κ2) is 7.43. The number of nitrogens with one attached hydrogen (secondary N) is 1. The van der Waals surface area contributed by atoms with Crippen molar-refractivity contribution in [3.63, 3.8) is 0 Å². The van der Waals surface area contributed by atoms with Crippen molar-refractivity contribution in [2.45, 2.75) is 6.42 Å². The lowest BCUT2D eigenvalue weighted by molar-refractivity contribution is 1.19. The maximum Gasteiger partial charge on any atom is 0.151 e. The van der Waals surface area contributed by atoms with Gasteiger partial charge in [-0.2, -0.15) is 0 Å². The summed E-state index contributed by atoms with van der Waals surface area (Å²) in [6, 6.07) is 21.0. The molecule has 2 heterocycles. The second-order valence-corrected chi connectivity index (χ2v) is 6.26. The molecular formula is C19H16ClN3S. The van der Waals surface area contributed by atoms with Gasteiger partial charge in [0.2, 0.25) is 0 Å². The van der Waals surface area contributed by atoms with Gasteiger partial charge >= 0.3 is 0 Å². The molecular weight excluding hydrogens is 338 g/mol. The van der Waals surface area contributed by atoms with Gasteiger partial charge in [0.15, 0.2) is 5.82 Å². The van der Waals surface area contributed by atoms with Gasteiger partial charge in [-0.3, -0.25) is 0 Å². The van der Waals surface area contributed by atoms with Gasteiger partial charge in [-0.15, -0.1) is 23.7 Å². The summed E-state index contributed by atoms with van der Waals surface area (Å²) in [5.41, 5.74) is 4.64. The van der Waals surface area contributed by atoms with E-state index in [4.69, 9.17) is 0 Å². The molecule has 0 fully saturated rings. The quantitative estimate of drug-likeness (QED) is 0.530. The Hall–Kier alpha value is -2.43. The van der Waals surface area contributed by atoms with Crippen LogP contribution in [0.1, 0.15) is 11.1 Å². The van der Waals surface area contributed by atoms with E-state index < -0.39 is 0 Å². The van der Waals surface area contributed by atoms with E-state index in [9.17, 15) is 0 Å². The predicted molar refractivity (Wildman–Crippen MR) is 104 cm³/mol. The molecule has 120 valence electrons. The Morgan fingerprint density at radius 3 is 2.38 bits per heavy atom. The minimum absolute atomic E-state index is 0. The summed E-state index contributed by atoms with van der Waals surface area (Å²) in [6.45, 7) is 0. The molecule has 0 saturated carbocycles.